The summed E-state index contributed by atoms with van der Waals surface area (Å²) in [7, 11) is 0. The highest BCUT2D eigenvalue weighted by molar-refractivity contribution is 5.95. The van der Waals surface area contributed by atoms with Crippen LogP contribution in [0.15, 0.2) is 18.2 Å². The topological polar surface area (TPSA) is 78.6 Å². The van der Waals surface area contributed by atoms with Crippen LogP contribution in [0.5, 0.6) is 0 Å². The molecule has 1 heterocycles. The van der Waals surface area contributed by atoms with Crippen LogP contribution >= 0.6 is 0 Å². The number of nitrogens with one attached hydrogen (secondary N) is 1. The number of carboxylic acid groups (broad SMARTS) is 1. The van der Waals surface area contributed by atoms with E-state index >= 15 is 0 Å². The number of anilines is 2. The molecule has 1 aliphatic heterocycles. The van der Waals surface area contributed by atoms with Crippen LogP contribution in [0, 0.1) is 0 Å². The van der Waals surface area contributed by atoms with Crippen LogP contribution in [0.1, 0.15) is 10.4 Å². The summed E-state index contributed by atoms with van der Waals surface area (Å²) in [5.74, 6) is -0.930. The Hall–Kier alpha value is -1.75. The fourth-order valence-corrected chi connectivity index (χ4v) is 1.91. The van der Waals surface area contributed by atoms with Gasteiger partial charge in [-0.05, 0) is 18.2 Å². The molecule has 1 fully saturated rings. The van der Waals surface area contributed by atoms with Gasteiger partial charge in [-0.15, -0.1) is 0 Å². The number of carboxylic acids is 1. The van der Waals surface area contributed by atoms with Gasteiger partial charge in [0.1, 0.15) is 0 Å². The molecule has 0 unspecified atom stereocenters. The van der Waals surface area contributed by atoms with Gasteiger partial charge in [-0.1, -0.05) is 0 Å². The average molecular weight is 221 g/mol. The standard InChI is InChI=1S/C11H15N3O2/c12-8-1-2-10(9(7-8)11(15)16)14-5-3-13-4-6-14/h1-2,7,13H,3-6,12H2,(H,15,16). The Morgan fingerprint density at radius 2 is 2.06 bits per heavy atom. The molecule has 86 valence electrons. The molecule has 0 bridgehead atoms. The monoisotopic (exact) mass is 221 g/mol. The molecular weight excluding hydrogens is 206 g/mol. The van der Waals surface area contributed by atoms with Crippen LogP contribution in [0.4, 0.5) is 11.4 Å². The second kappa shape index (κ2) is 4.40. The van der Waals surface area contributed by atoms with Gasteiger partial charge in [-0.2, -0.15) is 0 Å². The van der Waals surface area contributed by atoms with Crippen LogP contribution in [0.3, 0.4) is 0 Å². The van der Waals surface area contributed by atoms with E-state index in [-0.39, 0.29) is 5.56 Å². The van der Waals surface area contributed by atoms with Crippen LogP contribution in [0.2, 0.25) is 0 Å². The van der Waals surface area contributed by atoms with Crippen LogP contribution < -0.4 is 16.0 Å². The first-order chi connectivity index (χ1) is 7.68. The van der Waals surface area contributed by atoms with E-state index in [2.05, 4.69) is 10.2 Å². The average Bonchev–Trinajstić information content (AvgIpc) is 2.30. The molecule has 1 saturated heterocycles. The summed E-state index contributed by atoms with van der Waals surface area (Å²) in [6.45, 7) is 3.40. The van der Waals surface area contributed by atoms with Crippen molar-refractivity contribution in [3.63, 3.8) is 0 Å². The first kappa shape index (κ1) is 10.8. The fraction of sp³-hybridized carbons (Fsp3) is 0.364. The van der Waals surface area contributed by atoms with Crippen molar-refractivity contribution >= 4 is 17.3 Å². The highest BCUT2D eigenvalue weighted by atomic mass is 16.4. The predicted molar refractivity (Wildman–Crippen MR) is 62.9 cm³/mol. The summed E-state index contributed by atoms with van der Waals surface area (Å²) in [5.41, 5.74) is 7.12. The molecular formula is C11H15N3O2. The van der Waals surface area contributed by atoms with Gasteiger partial charge in [-0.3, -0.25) is 0 Å². The number of hydrogen-bond donors (Lipinski definition) is 3. The fourth-order valence-electron chi connectivity index (χ4n) is 1.91. The van der Waals surface area contributed by atoms with Gasteiger partial charge in [0.15, 0.2) is 0 Å². The normalized spacial score (nSPS) is 16.1. The number of nitrogens with zero attached hydrogens (tertiary/aromatic N) is 1. The number of benzene rings is 1. The molecule has 0 spiro atoms. The van der Waals surface area contributed by atoms with E-state index in [1.807, 2.05) is 0 Å². The summed E-state index contributed by atoms with van der Waals surface area (Å²) < 4.78 is 0. The summed E-state index contributed by atoms with van der Waals surface area (Å²) in [6.07, 6.45) is 0. The quantitative estimate of drug-likeness (QED) is 0.629. The number of nitrogens with two attached hydrogens (primary N) is 1. The third-order valence-electron chi connectivity index (χ3n) is 2.71. The number of piperazine rings is 1. The van der Waals surface area contributed by atoms with Gasteiger partial charge in [0.2, 0.25) is 0 Å². The minimum absolute atomic E-state index is 0.280. The zero-order valence-corrected chi connectivity index (χ0v) is 8.94. The highest BCUT2D eigenvalue weighted by Crippen LogP contribution is 2.23. The SMILES string of the molecule is Nc1ccc(N2CCNCC2)c(C(=O)O)c1. The Kier molecular flexibility index (Phi) is 2.96. The van der Waals surface area contributed by atoms with Crippen molar-refractivity contribution in [1.82, 2.24) is 5.32 Å². The van der Waals surface area contributed by atoms with E-state index in [1.54, 1.807) is 12.1 Å². The lowest BCUT2D eigenvalue weighted by atomic mass is 10.1. The second-order valence-corrected chi connectivity index (χ2v) is 3.82. The third-order valence-corrected chi connectivity index (χ3v) is 2.71. The van der Waals surface area contributed by atoms with E-state index in [4.69, 9.17) is 10.8 Å². The van der Waals surface area contributed by atoms with Crippen molar-refractivity contribution in [2.75, 3.05) is 36.8 Å². The number of hydrogen-bond acceptors (Lipinski definition) is 4. The number of nitrogen functional groups attached to an aromatic ring is 1. The largest absolute Gasteiger partial charge is 0.478 e. The van der Waals surface area contributed by atoms with Gasteiger partial charge in [-0.25, -0.2) is 4.79 Å². The molecule has 5 heteroatoms. The summed E-state index contributed by atoms with van der Waals surface area (Å²) >= 11 is 0. The van der Waals surface area contributed by atoms with E-state index in [9.17, 15) is 4.79 Å². The minimum atomic E-state index is -0.930. The van der Waals surface area contributed by atoms with E-state index in [0.29, 0.717) is 5.69 Å². The number of rotatable bonds is 2. The lowest BCUT2D eigenvalue weighted by Crippen LogP contribution is -2.44. The first-order valence-corrected chi connectivity index (χ1v) is 5.27. The molecule has 0 radical (unpaired) electrons. The Morgan fingerprint density at radius 1 is 1.38 bits per heavy atom. The number of aromatic carboxylic acids is 1. The molecule has 16 heavy (non-hydrogen) atoms. The van der Waals surface area contributed by atoms with E-state index in [1.165, 1.54) is 6.07 Å². The number of carbonyl (C=O) groups is 1. The Labute approximate surface area is 93.9 Å². The second-order valence-electron chi connectivity index (χ2n) is 3.82. The molecule has 1 aromatic carbocycles. The lowest BCUT2D eigenvalue weighted by molar-refractivity contribution is 0.0697. The summed E-state index contributed by atoms with van der Waals surface area (Å²) in [6, 6.07) is 5.04. The predicted octanol–water partition coefficient (Wildman–Crippen LogP) is 0.377. The summed E-state index contributed by atoms with van der Waals surface area (Å²) in [5, 5.41) is 12.4. The molecule has 1 aromatic rings. The molecule has 4 N–H and O–H groups in total. The van der Waals surface area contributed by atoms with E-state index < -0.39 is 5.97 Å². The molecule has 1 aliphatic rings. The van der Waals surface area contributed by atoms with Crippen LogP contribution in [-0.2, 0) is 0 Å². The minimum Gasteiger partial charge on any atom is -0.478 e. The van der Waals surface area contributed by atoms with Crippen LogP contribution in [-0.4, -0.2) is 37.3 Å². The zero-order valence-electron chi connectivity index (χ0n) is 8.94. The van der Waals surface area contributed by atoms with Gasteiger partial charge >= 0.3 is 5.97 Å². The molecule has 0 atom stereocenters. The maximum atomic E-state index is 11.1. The van der Waals surface area contributed by atoms with Crippen molar-refractivity contribution in [1.29, 1.82) is 0 Å². The molecule has 0 aromatic heterocycles. The van der Waals surface area contributed by atoms with Gasteiger partial charge < -0.3 is 21.1 Å². The zero-order chi connectivity index (χ0) is 11.5. The first-order valence-electron chi connectivity index (χ1n) is 5.27. The maximum Gasteiger partial charge on any atom is 0.337 e. The lowest BCUT2D eigenvalue weighted by Gasteiger charge is -2.30. The molecule has 5 nitrogen and oxygen atoms in total. The van der Waals surface area contributed by atoms with Crippen LogP contribution in [0.25, 0.3) is 0 Å². The third kappa shape index (κ3) is 2.09. The smallest absolute Gasteiger partial charge is 0.337 e. The van der Waals surface area contributed by atoms with Crippen molar-refractivity contribution < 1.29 is 9.90 Å². The summed E-state index contributed by atoms with van der Waals surface area (Å²) in [4.78, 5) is 13.2. The van der Waals surface area contributed by atoms with Gasteiger partial charge in [0.05, 0.1) is 11.3 Å². The van der Waals surface area contributed by atoms with Crippen molar-refractivity contribution in [3.8, 4) is 0 Å². The Balaban J connectivity index is 2.34. The molecule has 2 rings (SSSR count). The van der Waals surface area contributed by atoms with Gasteiger partial charge in [0.25, 0.3) is 0 Å². The molecule has 0 saturated carbocycles. The van der Waals surface area contributed by atoms with Crippen molar-refractivity contribution in [2.24, 2.45) is 0 Å². The highest BCUT2D eigenvalue weighted by Gasteiger charge is 2.17. The van der Waals surface area contributed by atoms with Gasteiger partial charge in [0, 0.05) is 31.9 Å². The molecule has 0 aliphatic carbocycles. The van der Waals surface area contributed by atoms with Crippen molar-refractivity contribution in [2.45, 2.75) is 0 Å². The Morgan fingerprint density at radius 3 is 2.69 bits per heavy atom. The van der Waals surface area contributed by atoms with Crippen molar-refractivity contribution in [3.05, 3.63) is 23.8 Å². The molecule has 0 amide bonds. The maximum absolute atomic E-state index is 11.1. The van der Waals surface area contributed by atoms with E-state index in [0.717, 1.165) is 31.9 Å². The Bertz CT molecular complexity index is 400.